The summed E-state index contributed by atoms with van der Waals surface area (Å²) in [5, 5.41) is 3.55. The molecule has 170 valence electrons. The predicted molar refractivity (Wildman–Crippen MR) is 128 cm³/mol. The third-order valence-electron chi connectivity index (χ3n) is 5.67. The predicted octanol–water partition coefficient (Wildman–Crippen LogP) is 4.78. The number of nitrogens with one attached hydrogen (secondary N) is 1. The Kier molecular flexibility index (Phi) is 7.64. The van der Waals surface area contributed by atoms with Crippen molar-refractivity contribution in [1.29, 1.82) is 0 Å². The highest BCUT2D eigenvalue weighted by Crippen LogP contribution is 2.22. The Balaban J connectivity index is 1.94. The number of methoxy groups -OCH3 is 1. The normalized spacial score (nSPS) is 12.2. The molecule has 0 spiro atoms. The fourth-order valence-corrected chi connectivity index (χ4v) is 3.76. The lowest BCUT2D eigenvalue weighted by molar-refractivity contribution is 0.136. The molecule has 1 unspecified atom stereocenters. The van der Waals surface area contributed by atoms with E-state index >= 15 is 0 Å². The summed E-state index contributed by atoms with van der Waals surface area (Å²) in [5.41, 5.74) is 2.45. The lowest BCUT2D eigenvalue weighted by Gasteiger charge is -2.30. The van der Waals surface area contributed by atoms with Crippen LogP contribution >= 0.6 is 0 Å². The first-order valence-corrected chi connectivity index (χ1v) is 11.0. The van der Waals surface area contributed by atoms with E-state index in [9.17, 15) is 9.59 Å². The van der Waals surface area contributed by atoms with Crippen LogP contribution in [0.4, 0.5) is 10.5 Å². The van der Waals surface area contributed by atoms with Crippen molar-refractivity contribution in [2.45, 2.75) is 46.2 Å². The number of urea groups is 1. The average Bonchev–Trinajstić information content (AvgIpc) is 2.79. The molecule has 7 nitrogen and oxygen atoms in total. The second-order valence-electron chi connectivity index (χ2n) is 8.11. The summed E-state index contributed by atoms with van der Waals surface area (Å²) >= 11 is 0. The monoisotopic (exact) mass is 436 g/mol. The molecule has 0 radical (unpaired) electrons. The molecule has 0 aliphatic rings. The second kappa shape index (κ2) is 10.4. The minimum Gasteiger partial charge on any atom is -0.383 e. The highest BCUT2D eigenvalue weighted by atomic mass is 16.5. The second-order valence-corrected chi connectivity index (χ2v) is 8.11. The van der Waals surface area contributed by atoms with E-state index in [2.05, 4.69) is 19.2 Å². The molecule has 2 aromatic carbocycles. The molecule has 0 fully saturated rings. The number of anilines is 1. The van der Waals surface area contributed by atoms with Gasteiger partial charge in [0.25, 0.3) is 5.56 Å². The van der Waals surface area contributed by atoms with Crippen molar-refractivity contribution in [3.63, 3.8) is 0 Å². The number of hydrogen-bond donors (Lipinski definition) is 1. The number of carbonyl (C=O) groups is 1. The van der Waals surface area contributed by atoms with Gasteiger partial charge in [-0.15, -0.1) is 0 Å². The van der Waals surface area contributed by atoms with Crippen LogP contribution in [0, 0.1) is 0 Å². The maximum absolute atomic E-state index is 13.2. The summed E-state index contributed by atoms with van der Waals surface area (Å²) in [4.78, 5) is 32.7. The smallest absolute Gasteiger partial charge is 0.322 e. The van der Waals surface area contributed by atoms with Gasteiger partial charge in [-0.3, -0.25) is 9.36 Å². The van der Waals surface area contributed by atoms with Gasteiger partial charge in [-0.1, -0.05) is 38.1 Å². The Hall–Kier alpha value is -3.19. The van der Waals surface area contributed by atoms with Gasteiger partial charge in [0, 0.05) is 25.9 Å². The van der Waals surface area contributed by atoms with Crippen LogP contribution in [0.25, 0.3) is 10.9 Å². The van der Waals surface area contributed by atoms with E-state index in [1.165, 1.54) is 5.56 Å². The number of amides is 2. The van der Waals surface area contributed by atoms with Gasteiger partial charge in [-0.2, -0.15) is 0 Å². The SMILES string of the molecule is CCn1c(C(C)N(CCOC)C(=O)Nc2ccc(C(C)C)cc2)nc2ccccc2c1=O. The van der Waals surface area contributed by atoms with E-state index in [1.54, 1.807) is 22.6 Å². The lowest BCUT2D eigenvalue weighted by atomic mass is 10.0. The summed E-state index contributed by atoms with van der Waals surface area (Å²) in [5.74, 6) is 0.973. The van der Waals surface area contributed by atoms with E-state index in [1.807, 2.05) is 56.3 Å². The van der Waals surface area contributed by atoms with Crippen molar-refractivity contribution in [1.82, 2.24) is 14.5 Å². The largest absolute Gasteiger partial charge is 0.383 e. The fourth-order valence-electron chi connectivity index (χ4n) is 3.76. The maximum atomic E-state index is 13.2. The summed E-state index contributed by atoms with van der Waals surface area (Å²) in [6, 6.07) is 14.4. The topological polar surface area (TPSA) is 76.5 Å². The van der Waals surface area contributed by atoms with Crippen molar-refractivity contribution >= 4 is 22.6 Å². The van der Waals surface area contributed by atoms with Gasteiger partial charge in [0.15, 0.2) is 0 Å². The first kappa shape index (κ1) is 23.5. The van der Waals surface area contributed by atoms with Gasteiger partial charge in [-0.05, 0) is 49.6 Å². The van der Waals surface area contributed by atoms with E-state index in [4.69, 9.17) is 9.72 Å². The molecule has 3 rings (SSSR count). The molecule has 0 saturated heterocycles. The fraction of sp³-hybridized carbons (Fsp3) is 0.400. The molecular weight excluding hydrogens is 404 g/mol. The van der Waals surface area contributed by atoms with E-state index in [0.717, 1.165) is 0 Å². The number of carbonyl (C=O) groups excluding carboxylic acids is 1. The molecular formula is C25H32N4O3. The zero-order valence-corrected chi connectivity index (χ0v) is 19.5. The minimum absolute atomic E-state index is 0.101. The van der Waals surface area contributed by atoms with Crippen LogP contribution in [0.5, 0.6) is 0 Å². The number of hydrogen-bond acceptors (Lipinski definition) is 4. The Morgan fingerprint density at radius 1 is 1.12 bits per heavy atom. The van der Waals surface area contributed by atoms with Gasteiger partial charge in [0.2, 0.25) is 0 Å². The number of para-hydroxylation sites is 1. The number of benzene rings is 2. The Labute approximate surface area is 189 Å². The number of aromatic nitrogens is 2. The number of ether oxygens (including phenoxy) is 1. The number of nitrogens with zero attached hydrogens (tertiary/aromatic N) is 3. The van der Waals surface area contributed by atoms with Crippen LogP contribution in [0.2, 0.25) is 0 Å². The summed E-state index contributed by atoms with van der Waals surface area (Å²) in [7, 11) is 1.60. The molecule has 0 aliphatic heterocycles. The number of fused-ring (bicyclic) bond motifs is 1. The van der Waals surface area contributed by atoms with Crippen LogP contribution in [-0.4, -0.2) is 40.7 Å². The van der Waals surface area contributed by atoms with Crippen molar-refractivity contribution in [3.8, 4) is 0 Å². The van der Waals surface area contributed by atoms with Gasteiger partial charge in [0.1, 0.15) is 5.82 Å². The standard InChI is InChI=1S/C25H32N4O3/c1-6-28-23(27-22-10-8-7-9-21(22)24(28)30)18(4)29(15-16-32-5)25(31)26-20-13-11-19(12-14-20)17(2)3/h7-14,17-18H,6,15-16H2,1-5H3,(H,26,31). The van der Waals surface area contributed by atoms with Gasteiger partial charge in [0.05, 0.1) is 23.6 Å². The van der Waals surface area contributed by atoms with E-state index in [-0.39, 0.29) is 11.6 Å². The Morgan fingerprint density at radius 3 is 2.44 bits per heavy atom. The first-order chi connectivity index (χ1) is 15.4. The Morgan fingerprint density at radius 2 is 1.81 bits per heavy atom. The zero-order chi connectivity index (χ0) is 23.3. The van der Waals surface area contributed by atoms with Crippen LogP contribution in [0.1, 0.15) is 51.0 Å². The van der Waals surface area contributed by atoms with E-state index in [0.29, 0.717) is 48.0 Å². The molecule has 1 heterocycles. The highest BCUT2D eigenvalue weighted by Gasteiger charge is 2.26. The molecule has 0 bridgehead atoms. The zero-order valence-electron chi connectivity index (χ0n) is 19.5. The quantitative estimate of drug-likeness (QED) is 0.551. The van der Waals surface area contributed by atoms with E-state index < -0.39 is 6.04 Å². The highest BCUT2D eigenvalue weighted by molar-refractivity contribution is 5.89. The van der Waals surface area contributed by atoms with Crippen LogP contribution in [0.3, 0.4) is 0 Å². The molecule has 1 N–H and O–H groups in total. The lowest BCUT2D eigenvalue weighted by Crippen LogP contribution is -2.41. The summed E-state index contributed by atoms with van der Waals surface area (Å²) in [6.07, 6.45) is 0. The molecule has 2 amide bonds. The van der Waals surface area contributed by atoms with Crippen LogP contribution in [-0.2, 0) is 11.3 Å². The molecule has 32 heavy (non-hydrogen) atoms. The molecule has 0 aliphatic carbocycles. The molecule has 0 saturated carbocycles. The molecule has 1 atom stereocenters. The van der Waals surface area contributed by atoms with Crippen molar-refractivity contribution in [3.05, 3.63) is 70.3 Å². The first-order valence-electron chi connectivity index (χ1n) is 11.0. The summed E-state index contributed by atoms with van der Waals surface area (Å²) < 4.78 is 6.88. The Bertz CT molecular complexity index is 1120. The molecule has 1 aromatic heterocycles. The third kappa shape index (κ3) is 4.99. The van der Waals surface area contributed by atoms with Crippen LogP contribution in [0.15, 0.2) is 53.3 Å². The van der Waals surface area contributed by atoms with Gasteiger partial charge < -0.3 is 15.0 Å². The minimum atomic E-state index is -0.433. The van der Waals surface area contributed by atoms with Crippen molar-refractivity contribution < 1.29 is 9.53 Å². The molecule has 7 heteroatoms. The van der Waals surface area contributed by atoms with Gasteiger partial charge >= 0.3 is 6.03 Å². The van der Waals surface area contributed by atoms with Gasteiger partial charge in [-0.25, -0.2) is 9.78 Å². The van der Waals surface area contributed by atoms with Crippen molar-refractivity contribution in [2.24, 2.45) is 0 Å². The maximum Gasteiger partial charge on any atom is 0.322 e. The third-order valence-corrected chi connectivity index (χ3v) is 5.67. The van der Waals surface area contributed by atoms with Crippen molar-refractivity contribution in [2.75, 3.05) is 25.6 Å². The summed E-state index contributed by atoms with van der Waals surface area (Å²) in [6.45, 7) is 9.25. The number of rotatable bonds is 8. The van der Waals surface area contributed by atoms with Crippen LogP contribution < -0.4 is 10.9 Å². The average molecular weight is 437 g/mol. The molecule has 3 aromatic rings.